The molecule has 0 unspecified atom stereocenters. The summed E-state index contributed by atoms with van der Waals surface area (Å²) in [5.74, 6) is 0. The van der Waals surface area contributed by atoms with Gasteiger partial charge in [-0.3, -0.25) is 0 Å². The molecular formula is C14H18. The van der Waals surface area contributed by atoms with E-state index >= 15 is 0 Å². The smallest absolute Gasteiger partial charge is 0.0299 e. The van der Waals surface area contributed by atoms with Crippen molar-refractivity contribution in [2.75, 3.05) is 0 Å². The Morgan fingerprint density at radius 1 is 1.07 bits per heavy atom. The standard InChI is InChI=1S/C14H18/c1-5-7-9-11-13(3)14(4)12-10-8-6-2/h5-12H,1,4H2,2-3H3. The second-order valence-corrected chi connectivity index (χ2v) is 2.88. The minimum Gasteiger partial charge on any atom is -0.0991 e. The van der Waals surface area contributed by atoms with Crippen LogP contribution in [0.5, 0.6) is 0 Å². The molecule has 0 amide bonds. The maximum absolute atomic E-state index is 3.96. The van der Waals surface area contributed by atoms with Crippen molar-refractivity contribution in [2.24, 2.45) is 0 Å². The van der Waals surface area contributed by atoms with Gasteiger partial charge in [-0.25, -0.2) is 0 Å². The van der Waals surface area contributed by atoms with Crippen molar-refractivity contribution < 1.29 is 0 Å². The Kier molecular flexibility index (Phi) is 7.16. The number of rotatable bonds is 5. The highest BCUT2D eigenvalue weighted by Gasteiger charge is 1.88. The van der Waals surface area contributed by atoms with Crippen molar-refractivity contribution in [3.63, 3.8) is 0 Å². The first kappa shape index (κ1) is 12.4. The Balaban J connectivity index is 4.31. The summed E-state index contributed by atoms with van der Waals surface area (Å²) in [5.41, 5.74) is 2.18. The molecule has 0 heteroatoms. The van der Waals surface area contributed by atoms with E-state index in [1.165, 1.54) is 0 Å². The Bertz CT molecular complexity index is 296. The zero-order chi connectivity index (χ0) is 10.8. The van der Waals surface area contributed by atoms with Crippen LogP contribution in [0.2, 0.25) is 0 Å². The summed E-state index contributed by atoms with van der Waals surface area (Å²) in [6, 6.07) is 0. The van der Waals surface area contributed by atoms with E-state index < -0.39 is 0 Å². The molecule has 0 fully saturated rings. The number of hydrogen-bond donors (Lipinski definition) is 0. The van der Waals surface area contributed by atoms with Crippen molar-refractivity contribution in [3.8, 4) is 0 Å². The van der Waals surface area contributed by atoms with Crippen LogP contribution in [-0.4, -0.2) is 0 Å². The lowest BCUT2D eigenvalue weighted by Gasteiger charge is -1.96. The summed E-state index contributed by atoms with van der Waals surface area (Å²) < 4.78 is 0. The minimum absolute atomic E-state index is 1.02. The lowest BCUT2D eigenvalue weighted by atomic mass is 10.1. The van der Waals surface area contributed by atoms with E-state index in [0.29, 0.717) is 0 Å². The summed E-state index contributed by atoms with van der Waals surface area (Å²) in [4.78, 5) is 0. The molecule has 0 N–H and O–H groups in total. The van der Waals surface area contributed by atoms with Crippen molar-refractivity contribution in [1.82, 2.24) is 0 Å². The average Bonchev–Trinajstić information content (AvgIpc) is 2.18. The van der Waals surface area contributed by atoms with Gasteiger partial charge in [0.2, 0.25) is 0 Å². The van der Waals surface area contributed by atoms with Gasteiger partial charge in [-0.2, -0.15) is 0 Å². The van der Waals surface area contributed by atoms with Crippen LogP contribution in [-0.2, 0) is 0 Å². The van der Waals surface area contributed by atoms with Crippen LogP contribution in [0.3, 0.4) is 0 Å². The van der Waals surface area contributed by atoms with Crippen LogP contribution in [0.15, 0.2) is 72.9 Å². The fourth-order valence-electron chi connectivity index (χ4n) is 0.800. The van der Waals surface area contributed by atoms with Crippen molar-refractivity contribution >= 4 is 0 Å². The molecular weight excluding hydrogens is 168 g/mol. The van der Waals surface area contributed by atoms with Crippen LogP contribution in [0, 0.1) is 0 Å². The number of allylic oxidation sites excluding steroid dienone is 10. The SMILES string of the molecule is C=CC=CC=C(C)C(=C)C=CC=CC. The minimum atomic E-state index is 1.02. The molecule has 0 aromatic heterocycles. The van der Waals surface area contributed by atoms with E-state index in [1.807, 2.05) is 56.4 Å². The zero-order valence-electron chi connectivity index (χ0n) is 9.03. The van der Waals surface area contributed by atoms with Crippen LogP contribution < -0.4 is 0 Å². The second kappa shape index (κ2) is 8.06. The maximum atomic E-state index is 3.96. The lowest BCUT2D eigenvalue weighted by Crippen LogP contribution is -1.76. The van der Waals surface area contributed by atoms with E-state index in [1.54, 1.807) is 6.08 Å². The molecule has 0 spiro atoms. The molecule has 14 heavy (non-hydrogen) atoms. The largest absolute Gasteiger partial charge is 0.0991 e. The van der Waals surface area contributed by atoms with Gasteiger partial charge >= 0.3 is 0 Å². The van der Waals surface area contributed by atoms with Gasteiger partial charge < -0.3 is 0 Å². The van der Waals surface area contributed by atoms with Crippen molar-refractivity contribution in [3.05, 3.63) is 72.9 Å². The van der Waals surface area contributed by atoms with Crippen LogP contribution >= 0.6 is 0 Å². The predicted molar refractivity (Wildman–Crippen MR) is 66.2 cm³/mol. The molecule has 0 aromatic carbocycles. The van der Waals surface area contributed by atoms with E-state index in [4.69, 9.17) is 0 Å². The molecule has 0 aliphatic heterocycles. The molecule has 0 rings (SSSR count). The van der Waals surface area contributed by atoms with Crippen LogP contribution in [0.25, 0.3) is 0 Å². The zero-order valence-corrected chi connectivity index (χ0v) is 9.03. The van der Waals surface area contributed by atoms with Gasteiger partial charge in [-0.15, -0.1) is 0 Å². The molecule has 0 atom stereocenters. The summed E-state index contributed by atoms with van der Waals surface area (Å²) in [5, 5.41) is 0. The molecule has 74 valence electrons. The Morgan fingerprint density at radius 2 is 1.79 bits per heavy atom. The molecule has 0 heterocycles. The molecule has 0 bridgehead atoms. The quantitative estimate of drug-likeness (QED) is 0.559. The Labute approximate surface area is 87.3 Å². The first-order chi connectivity index (χ1) is 6.72. The lowest BCUT2D eigenvalue weighted by molar-refractivity contribution is 1.44. The third-order valence-electron chi connectivity index (χ3n) is 1.70. The van der Waals surface area contributed by atoms with Gasteiger partial charge in [0, 0.05) is 0 Å². The molecule has 0 saturated carbocycles. The number of hydrogen-bond acceptors (Lipinski definition) is 0. The van der Waals surface area contributed by atoms with Gasteiger partial charge in [0.05, 0.1) is 0 Å². The molecule has 0 nitrogen and oxygen atoms in total. The van der Waals surface area contributed by atoms with Gasteiger partial charge in [0.25, 0.3) is 0 Å². The molecule has 0 radical (unpaired) electrons. The molecule has 0 saturated heterocycles. The van der Waals surface area contributed by atoms with E-state index in [-0.39, 0.29) is 0 Å². The summed E-state index contributed by atoms with van der Waals surface area (Å²) in [7, 11) is 0. The highest BCUT2D eigenvalue weighted by molar-refractivity contribution is 5.39. The Hall–Kier alpha value is -1.56. The van der Waals surface area contributed by atoms with E-state index in [2.05, 4.69) is 13.2 Å². The molecule has 0 aliphatic rings. The van der Waals surface area contributed by atoms with E-state index in [9.17, 15) is 0 Å². The highest BCUT2D eigenvalue weighted by Crippen LogP contribution is 2.08. The second-order valence-electron chi connectivity index (χ2n) is 2.88. The van der Waals surface area contributed by atoms with Gasteiger partial charge in [0.15, 0.2) is 0 Å². The first-order valence-electron chi connectivity index (χ1n) is 4.67. The highest BCUT2D eigenvalue weighted by atomic mass is 13.9. The molecule has 0 aromatic rings. The van der Waals surface area contributed by atoms with Crippen LogP contribution in [0.1, 0.15) is 13.8 Å². The monoisotopic (exact) mass is 186 g/mol. The molecule has 0 aliphatic carbocycles. The third-order valence-corrected chi connectivity index (χ3v) is 1.70. The first-order valence-corrected chi connectivity index (χ1v) is 4.67. The summed E-state index contributed by atoms with van der Waals surface area (Å²) in [6.07, 6.45) is 15.6. The normalized spacial score (nSPS) is 13.1. The fraction of sp³-hybridized carbons (Fsp3) is 0.143. The van der Waals surface area contributed by atoms with Crippen LogP contribution in [0.4, 0.5) is 0 Å². The van der Waals surface area contributed by atoms with Crippen molar-refractivity contribution in [1.29, 1.82) is 0 Å². The summed E-state index contributed by atoms with van der Waals surface area (Å²) in [6.45, 7) is 11.6. The summed E-state index contributed by atoms with van der Waals surface area (Å²) >= 11 is 0. The van der Waals surface area contributed by atoms with Gasteiger partial charge in [-0.05, 0) is 25.0 Å². The third kappa shape index (κ3) is 6.01. The average molecular weight is 186 g/mol. The van der Waals surface area contributed by atoms with Crippen molar-refractivity contribution in [2.45, 2.75) is 13.8 Å². The van der Waals surface area contributed by atoms with Gasteiger partial charge in [-0.1, -0.05) is 61.8 Å². The topological polar surface area (TPSA) is 0 Å². The van der Waals surface area contributed by atoms with E-state index in [0.717, 1.165) is 11.1 Å². The predicted octanol–water partition coefficient (Wildman–Crippen LogP) is 4.36. The van der Waals surface area contributed by atoms with Gasteiger partial charge in [0.1, 0.15) is 0 Å². The maximum Gasteiger partial charge on any atom is -0.0299 e. The Morgan fingerprint density at radius 3 is 2.36 bits per heavy atom. The fourth-order valence-corrected chi connectivity index (χ4v) is 0.800.